The van der Waals surface area contributed by atoms with Crippen LogP contribution in [0.25, 0.3) is 10.8 Å². The van der Waals surface area contributed by atoms with Gasteiger partial charge in [0, 0.05) is 32.2 Å². The zero-order chi connectivity index (χ0) is 14.7. The summed E-state index contributed by atoms with van der Waals surface area (Å²) in [5, 5.41) is 2.60. The van der Waals surface area contributed by atoms with E-state index in [4.69, 9.17) is 5.73 Å². The maximum atomic E-state index is 6.11. The summed E-state index contributed by atoms with van der Waals surface area (Å²) >= 11 is 0. The van der Waals surface area contributed by atoms with Crippen LogP contribution in [0.3, 0.4) is 0 Å². The predicted octanol–water partition coefficient (Wildman–Crippen LogP) is 2.48. The molecule has 3 rings (SSSR count). The molecule has 1 saturated heterocycles. The fourth-order valence-electron chi connectivity index (χ4n) is 3.29. The molecule has 112 valence electrons. The van der Waals surface area contributed by atoms with E-state index in [1.54, 1.807) is 0 Å². The largest absolute Gasteiger partial charge is 0.329 e. The SMILES string of the molecule is CN1CCCN(C(CN)c2ccc3ccccc3c2)CC1. The van der Waals surface area contributed by atoms with E-state index >= 15 is 0 Å². The average molecular weight is 283 g/mol. The van der Waals surface area contributed by atoms with Crippen molar-refractivity contribution in [2.24, 2.45) is 5.73 Å². The lowest BCUT2D eigenvalue weighted by Gasteiger charge is -2.30. The van der Waals surface area contributed by atoms with E-state index in [0.29, 0.717) is 12.6 Å². The minimum atomic E-state index is 0.334. The third kappa shape index (κ3) is 3.26. The Labute approximate surface area is 127 Å². The van der Waals surface area contributed by atoms with Gasteiger partial charge in [-0.05, 0) is 42.4 Å². The lowest BCUT2D eigenvalue weighted by Crippen LogP contribution is -2.36. The molecule has 2 N–H and O–H groups in total. The first-order valence-electron chi connectivity index (χ1n) is 7.89. The van der Waals surface area contributed by atoms with Crippen LogP contribution in [0.4, 0.5) is 0 Å². The first-order valence-corrected chi connectivity index (χ1v) is 7.89. The molecule has 0 aromatic heterocycles. The van der Waals surface area contributed by atoms with Crippen LogP contribution in [0, 0.1) is 0 Å². The molecule has 3 nitrogen and oxygen atoms in total. The van der Waals surface area contributed by atoms with Crippen molar-refractivity contribution >= 4 is 10.8 Å². The van der Waals surface area contributed by atoms with Gasteiger partial charge < -0.3 is 10.6 Å². The molecule has 1 aliphatic rings. The maximum absolute atomic E-state index is 6.11. The van der Waals surface area contributed by atoms with Gasteiger partial charge in [0.05, 0.1) is 0 Å². The second-order valence-corrected chi connectivity index (χ2v) is 6.05. The lowest BCUT2D eigenvalue weighted by molar-refractivity contribution is 0.208. The Bertz CT molecular complexity index is 596. The molecule has 0 amide bonds. The van der Waals surface area contributed by atoms with Crippen molar-refractivity contribution in [3.05, 3.63) is 48.0 Å². The molecule has 2 aromatic rings. The van der Waals surface area contributed by atoms with Gasteiger partial charge in [-0.2, -0.15) is 0 Å². The molecule has 1 fully saturated rings. The number of rotatable bonds is 3. The Hall–Kier alpha value is -1.42. The van der Waals surface area contributed by atoms with Crippen molar-refractivity contribution in [1.29, 1.82) is 0 Å². The fraction of sp³-hybridized carbons (Fsp3) is 0.444. The highest BCUT2D eigenvalue weighted by Gasteiger charge is 2.21. The number of nitrogens with zero attached hydrogens (tertiary/aromatic N) is 2. The summed E-state index contributed by atoms with van der Waals surface area (Å²) in [6.45, 7) is 5.24. The summed E-state index contributed by atoms with van der Waals surface area (Å²) in [7, 11) is 2.21. The van der Waals surface area contributed by atoms with E-state index in [9.17, 15) is 0 Å². The van der Waals surface area contributed by atoms with Crippen LogP contribution in [0.15, 0.2) is 42.5 Å². The number of fused-ring (bicyclic) bond motifs is 1. The molecule has 1 aliphatic heterocycles. The quantitative estimate of drug-likeness (QED) is 0.939. The van der Waals surface area contributed by atoms with E-state index in [0.717, 1.165) is 19.6 Å². The molecule has 2 aromatic carbocycles. The van der Waals surface area contributed by atoms with Crippen LogP contribution < -0.4 is 5.73 Å². The van der Waals surface area contributed by atoms with Gasteiger partial charge in [-0.25, -0.2) is 0 Å². The van der Waals surface area contributed by atoms with E-state index in [1.807, 2.05) is 0 Å². The second-order valence-electron chi connectivity index (χ2n) is 6.05. The van der Waals surface area contributed by atoms with Crippen LogP contribution >= 0.6 is 0 Å². The highest BCUT2D eigenvalue weighted by Crippen LogP contribution is 2.25. The molecule has 3 heteroatoms. The average Bonchev–Trinajstić information content (AvgIpc) is 2.73. The lowest BCUT2D eigenvalue weighted by atomic mass is 10.0. The van der Waals surface area contributed by atoms with Crippen molar-refractivity contribution in [2.75, 3.05) is 39.8 Å². The van der Waals surface area contributed by atoms with Gasteiger partial charge in [-0.3, -0.25) is 4.90 Å². The minimum absolute atomic E-state index is 0.334. The Morgan fingerprint density at radius 1 is 1.00 bits per heavy atom. The Balaban J connectivity index is 1.86. The van der Waals surface area contributed by atoms with Crippen LogP contribution in [0.5, 0.6) is 0 Å². The summed E-state index contributed by atoms with van der Waals surface area (Å²) < 4.78 is 0. The van der Waals surface area contributed by atoms with Gasteiger partial charge in [0.2, 0.25) is 0 Å². The molecule has 21 heavy (non-hydrogen) atoms. The molecule has 0 spiro atoms. The van der Waals surface area contributed by atoms with Crippen LogP contribution in [0.1, 0.15) is 18.0 Å². The smallest absolute Gasteiger partial charge is 0.0471 e. The molecule has 0 saturated carbocycles. The monoisotopic (exact) mass is 283 g/mol. The number of hydrogen-bond acceptors (Lipinski definition) is 3. The standard InChI is InChI=1S/C18H25N3/c1-20-9-4-10-21(12-11-20)18(14-19)17-8-7-15-5-2-3-6-16(15)13-17/h2-3,5-8,13,18H,4,9-12,14,19H2,1H3. The van der Waals surface area contributed by atoms with Crippen LogP contribution in [-0.4, -0.2) is 49.6 Å². The first-order chi connectivity index (χ1) is 10.3. The summed E-state index contributed by atoms with van der Waals surface area (Å²) in [5.74, 6) is 0. The van der Waals surface area contributed by atoms with Crippen molar-refractivity contribution < 1.29 is 0 Å². The molecule has 1 heterocycles. The van der Waals surface area contributed by atoms with Gasteiger partial charge in [-0.1, -0.05) is 36.4 Å². The Morgan fingerprint density at radius 2 is 1.81 bits per heavy atom. The van der Waals surface area contributed by atoms with E-state index in [1.165, 1.54) is 29.3 Å². The second kappa shape index (κ2) is 6.56. The van der Waals surface area contributed by atoms with Crippen LogP contribution in [-0.2, 0) is 0 Å². The predicted molar refractivity (Wildman–Crippen MR) is 89.4 cm³/mol. The number of benzene rings is 2. The number of likely N-dealkylation sites (N-methyl/N-ethyl adjacent to an activating group) is 1. The Morgan fingerprint density at radius 3 is 2.62 bits per heavy atom. The van der Waals surface area contributed by atoms with Crippen molar-refractivity contribution in [3.8, 4) is 0 Å². The first kappa shape index (κ1) is 14.5. The molecule has 0 bridgehead atoms. The van der Waals surface area contributed by atoms with Gasteiger partial charge in [0.25, 0.3) is 0 Å². The molecule has 1 unspecified atom stereocenters. The highest BCUT2D eigenvalue weighted by atomic mass is 15.2. The third-order valence-corrected chi connectivity index (χ3v) is 4.58. The maximum Gasteiger partial charge on any atom is 0.0471 e. The minimum Gasteiger partial charge on any atom is -0.329 e. The summed E-state index contributed by atoms with van der Waals surface area (Å²) in [5.41, 5.74) is 7.46. The van der Waals surface area contributed by atoms with E-state index in [2.05, 4.69) is 59.3 Å². The van der Waals surface area contributed by atoms with Crippen molar-refractivity contribution in [1.82, 2.24) is 9.80 Å². The summed E-state index contributed by atoms with van der Waals surface area (Å²) in [4.78, 5) is 4.96. The van der Waals surface area contributed by atoms with Gasteiger partial charge >= 0.3 is 0 Å². The molecule has 0 radical (unpaired) electrons. The number of hydrogen-bond donors (Lipinski definition) is 1. The highest BCUT2D eigenvalue weighted by molar-refractivity contribution is 5.83. The molecular formula is C18H25N3. The zero-order valence-corrected chi connectivity index (χ0v) is 12.8. The van der Waals surface area contributed by atoms with Crippen LogP contribution in [0.2, 0.25) is 0 Å². The molecular weight excluding hydrogens is 258 g/mol. The third-order valence-electron chi connectivity index (χ3n) is 4.58. The van der Waals surface area contributed by atoms with Crippen molar-refractivity contribution in [3.63, 3.8) is 0 Å². The summed E-state index contributed by atoms with van der Waals surface area (Å²) in [6, 6.07) is 15.6. The zero-order valence-electron chi connectivity index (χ0n) is 12.8. The summed E-state index contributed by atoms with van der Waals surface area (Å²) in [6.07, 6.45) is 1.22. The van der Waals surface area contributed by atoms with Gasteiger partial charge in [-0.15, -0.1) is 0 Å². The van der Waals surface area contributed by atoms with Gasteiger partial charge in [0.1, 0.15) is 0 Å². The topological polar surface area (TPSA) is 32.5 Å². The number of nitrogens with two attached hydrogens (primary N) is 1. The Kier molecular flexibility index (Phi) is 4.54. The van der Waals surface area contributed by atoms with Crippen molar-refractivity contribution in [2.45, 2.75) is 12.5 Å². The molecule has 1 atom stereocenters. The fourth-order valence-corrected chi connectivity index (χ4v) is 3.29. The molecule has 0 aliphatic carbocycles. The van der Waals surface area contributed by atoms with E-state index in [-0.39, 0.29) is 0 Å². The van der Waals surface area contributed by atoms with Gasteiger partial charge in [0.15, 0.2) is 0 Å². The van der Waals surface area contributed by atoms with E-state index < -0.39 is 0 Å². The normalized spacial score (nSPS) is 19.5.